The second-order valence-corrected chi connectivity index (χ2v) is 7.56. The van der Waals surface area contributed by atoms with Gasteiger partial charge in [-0.05, 0) is 35.7 Å². The molecule has 0 amide bonds. The van der Waals surface area contributed by atoms with E-state index in [0.29, 0.717) is 6.42 Å². The van der Waals surface area contributed by atoms with Crippen LogP contribution >= 0.6 is 0 Å². The molecule has 0 saturated heterocycles. The predicted octanol–water partition coefficient (Wildman–Crippen LogP) is 4.72. The molecule has 0 radical (unpaired) electrons. The summed E-state index contributed by atoms with van der Waals surface area (Å²) in [6.07, 6.45) is 1.20. The molecule has 2 aromatic carbocycles. The van der Waals surface area contributed by atoms with Gasteiger partial charge in [0.2, 0.25) is 0 Å². The van der Waals surface area contributed by atoms with Crippen molar-refractivity contribution >= 4 is 12.0 Å². The third-order valence-corrected chi connectivity index (χ3v) is 5.11. The summed E-state index contributed by atoms with van der Waals surface area (Å²) < 4.78 is 13.5. The lowest BCUT2D eigenvalue weighted by atomic mass is 9.94. The molecule has 3 aromatic rings. The Morgan fingerprint density at radius 3 is 2.38 bits per heavy atom. The van der Waals surface area contributed by atoms with Gasteiger partial charge in [0.05, 0.1) is 24.3 Å². The van der Waals surface area contributed by atoms with E-state index < -0.39 is 24.6 Å². The summed E-state index contributed by atoms with van der Waals surface area (Å²) in [4.78, 5) is 15.5. The lowest BCUT2D eigenvalue weighted by molar-refractivity contribution is -0.139. The van der Waals surface area contributed by atoms with E-state index >= 15 is 0 Å². The second-order valence-electron chi connectivity index (χ2n) is 7.56. The fourth-order valence-electron chi connectivity index (χ4n) is 3.54. The highest BCUT2D eigenvalue weighted by Crippen LogP contribution is 2.32. The normalized spacial score (nSPS) is 13.2. The van der Waals surface area contributed by atoms with Gasteiger partial charge in [0, 0.05) is 23.2 Å². The summed E-state index contributed by atoms with van der Waals surface area (Å²) in [5, 5.41) is 28.8. The lowest BCUT2D eigenvalue weighted by Gasteiger charge is -2.15. The molecule has 0 saturated carbocycles. The zero-order valence-corrected chi connectivity index (χ0v) is 17.8. The highest BCUT2D eigenvalue weighted by atomic mass is 19.1. The molecule has 0 aliphatic carbocycles. The van der Waals surface area contributed by atoms with Gasteiger partial charge in [-0.15, -0.1) is 0 Å². The molecular weight excluding hydrogens is 409 g/mol. The quantitative estimate of drug-likeness (QED) is 0.453. The van der Waals surface area contributed by atoms with Crippen molar-refractivity contribution in [1.29, 1.82) is 0 Å². The molecule has 2 atom stereocenters. The monoisotopic (exact) mass is 435 g/mol. The molecule has 166 valence electrons. The number of rotatable bonds is 9. The largest absolute Gasteiger partial charge is 0.481 e. The number of nitrogens with zero attached hydrogens (tertiary/aromatic N) is 1. The van der Waals surface area contributed by atoms with Crippen LogP contribution in [0.4, 0.5) is 4.39 Å². The van der Waals surface area contributed by atoms with Crippen LogP contribution in [0.3, 0.4) is 0 Å². The van der Waals surface area contributed by atoms with Crippen LogP contribution in [0.2, 0.25) is 0 Å². The maximum absolute atomic E-state index is 13.5. The Labute approximate surface area is 186 Å². The second kappa shape index (κ2) is 10.8. The molecule has 3 N–H and O–H groups in total. The first kappa shape index (κ1) is 23.3. The third kappa shape index (κ3) is 6.09. The van der Waals surface area contributed by atoms with E-state index in [1.165, 1.54) is 18.2 Å². The van der Waals surface area contributed by atoms with Gasteiger partial charge in [0.25, 0.3) is 0 Å². The minimum atomic E-state index is -1.15. The van der Waals surface area contributed by atoms with E-state index in [2.05, 4.69) is 0 Å². The molecule has 0 bridgehead atoms. The van der Waals surface area contributed by atoms with E-state index in [0.717, 1.165) is 33.6 Å². The first-order chi connectivity index (χ1) is 15.4. The number of carboxylic acid groups (broad SMARTS) is 1. The van der Waals surface area contributed by atoms with Crippen molar-refractivity contribution in [2.75, 3.05) is 0 Å². The molecule has 0 aliphatic heterocycles. The minimum absolute atomic E-state index is 0.0916. The molecule has 0 aliphatic rings. The number of halogens is 1. The summed E-state index contributed by atoms with van der Waals surface area (Å²) >= 11 is 0. The number of aromatic nitrogens is 1. The van der Waals surface area contributed by atoms with E-state index in [-0.39, 0.29) is 12.2 Å². The summed E-state index contributed by atoms with van der Waals surface area (Å²) in [6, 6.07) is 17.9. The highest BCUT2D eigenvalue weighted by molar-refractivity contribution is 5.80. The number of aliphatic carboxylic acids is 1. The fourth-order valence-corrected chi connectivity index (χ4v) is 3.54. The average Bonchev–Trinajstić information content (AvgIpc) is 2.77. The number of hydrogen-bond donors (Lipinski definition) is 3. The number of carbonyl (C=O) groups is 1. The third-order valence-electron chi connectivity index (χ3n) is 5.11. The summed E-state index contributed by atoms with van der Waals surface area (Å²) in [6.45, 7) is 1.98. The predicted molar refractivity (Wildman–Crippen MR) is 122 cm³/mol. The van der Waals surface area contributed by atoms with Crippen LogP contribution in [0, 0.1) is 5.82 Å². The number of pyridine rings is 1. The topological polar surface area (TPSA) is 90.7 Å². The Balaban J connectivity index is 2.03. The highest BCUT2D eigenvalue weighted by Gasteiger charge is 2.16. The maximum atomic E-state index is 13.5. The van der Waals surface area contributed by atoms with E-state index in [9.17, 15) is 19.4 Å². The zero-order valence-electron chi connectivity index (χ0n) is 17.8. The Kier molecular flexibility index (Phi) is 7.87. The zero-order chi connectivity index (χ0) is 23.1. The number of benzene rings is 2. The minimum Gasteiger partial charge on any atom is -0.481 e. The van der Waals surface area contributed by atoms with Crippen LogP contribution < -0.4 is 0 Å². The van der Waals surface area contributed by atoms with Crippen LogP contribution in [-0.4, -0.2) is 38.5 Å². The van der Waals surface area contributed by atoms with Gasteiger partial charge >= 0.3 is 5.97 Å². The van der Waals surface area contributed by atoms with Crippen molar-refractivity contribution in [3.8, 4) is 22.4 Å². The van der Waals surface area contributed by atoms with Crippen LogP contribution in [0.5, 0.6) is 0 Å². The molecule has 5 nitrogen and oxygen atoms in total. The van der Waals surface area contributed by atoms with E-state index in [1.54, 1.807) is 18.2 Å². The number of hydrogen-bond acceptors (Lipinski definition) is 4. The molecule has 0 spiro atoms. The van der Waals surface area contributed by atoms with Crippen LogP contribution in [0.25, 0.3) is 28.5 Å². The van der Waals surface area contributed by atoms with Gasteiger partial charge in [-0.3, -0.25) is 9.78 Å². The van der Waals surface area contributed by atoms with Gasteiger partial charge in [-0.2, -0.15) is 0 Å². The van der Waals surface area contributed by atoms with Gasteiger partial charge in [-0.1, -0.05) is 61.5 Å². The van der Waals surface area contributed by atoms with Crippen molar-refractivity contribution < 1.29 is 24.5 Å². The Morgan fingerprint density at radius 1 is 1.06 bits per heavy atom. The molecule has 1 heterocycles. The summed E-state index contributed by atoms with van der Waals surface area (Å²) in [5.41, 5.74) is 4.98. The Hall–Kier alpha value is -3.35. The van der Waals surface area contributed by atoms with E-state index in [1.807, 2.05) is 43.3 Å². The number of carboxylic acids is 1. The Morgan fingerprint density at radius 2 is 1.75 bits per heavy atom. The fraction of sp³-hybridized carbons (Fsp3) is 0.231. The van der Waals surface area contributed by atoms with E-state index in [4.69, 9.17) is 10.1 Å². The molecule has 0 fully saturated rings. The molecular formula is C26H26FNO4. The standard InChI is InChI=1S/C26H26FNO4/c1-2-24-22(13-12-20(29)14-21(30)15-26(31)32)23(17-8-10-19(27)11-9-17)16-25(28-24)18-6-4-3-5-7-18/h3-13,16,20-21,29-30H,2,14-15H2,1H3,(H,31,32)/b13-12+/t20?,21-/m1/s1. The summed E-state index contributed by atoms with van der Waals surface area (Å²) in [5.74, 6) is -1.46. The molecule has 3 rings (SSSR count). The van der Waals surface area contributed by atoms with Crippen molar-refractivity contribution in [1.82, 2.24) is 4.98 Å². The molecule has 6 heteroatoms. The van der Waals surface area contributed by atoms with Crippen LogP contribution in [0.1, 0.15) is 31.0 Å². The van der Waals surface area contributed by atoms with Crippen molar-refractivity contribution in [2.45, 2.75) is 38.4 Å². The maximum Gasteiger partial charge on any atom is 0.305 e. The van der Waals surface area contributed by atoms with Crippen molar-refractivity contribution in [3.63, 3.8) is 0 Å². The molecule has 1 unspecified atom stereocenters. The van der Waals surface area contributed by atoms with Gasteiger partial charge in [-0.25, -0.2) is 4.39 Å². The van der Waals surface area contributed by atoms with Crippen molar-refractivity contribution in [3.05, 3.63) is 83.8 Å². The van der Waals surface area contributed by atoms with Crippen LogP contribution in [-0.2, 0) is 11.2 Å². The van der Waals surface area contributed by atoms with Crippen molar-refractivity contribution in [2.24, 2.45) is 0 Å². The lowest BCUT2D eigenvalue weighted by Crippen LogP contribution is -2.19. The molecule has 1 aromatic heterocycles. The number of aliphatic hydroxyl groups is 2. The molecule has 32 heavy (non-hydrogen) atoms. The Bertz CT molecular complexity index is 1080. The van der Waals surface area contributed by atoms with Gasteiger partial charge in [0.15, 0.2) is 0 Å². The van der Waals surface area contributed by atoms with Gasteiger partial charge in [0.1, 0.15) is 5.82 Å². The SMILES string of the molecule is CCc1nc(-c2ccccc2)cc(-c2ccc(F)cc2)c1/C=C/C(O)C[C@@H](O)CC(=O)O. The number of aliphatic hydroxyl groups excluding tert-OH is 2. The summed E-state index contributed by atoms with van der Waals surface area (Å²) in [7, 11) is 0. The average molecular weight is 435 g/mol. The smallest absolute Gasteiger partial charge is 0.305 e. The first-order valence-corrected chi connectivity index (χ1v) is 10.5. The first-order valence-electron chi connectivity index (χ1n) is 10.5. The van der Waals surface area contributed by atoms with Gasteiger partial charge < -0.3 is 15.3 Å². The van der Waals surface area contributed by atoms with Crippen LogP contribution in [0.15, 0.2) is 66.7 Å². The number of aryl methyl sites for hydroxylation is 1.